The predicted molar refractivity (Wildman–Crippen MR) is 56.7 cm³/mol. The number of rotatable bonds is 5. The smallest absolute Gasteiger partial charge is 0.220 e. The van der Waals surface area contributed by atoms with Gasteiger partial charge in [-0.05, 0) is 5.56 Å². The maximum atomic E-state index is 11.2. The van der Waals surface area contributed by atoms with Crippen molar-refractivity contribution in [2.45, 2.75) is 19.4 Å². The molecule has 80 valence electrons. The van der Waals surface area contributed by atoms with Crippen molar-refractivity contribution in [1.29, 1.82) is 0 Å². The van der Waals surface area contributed by atoms with Gasteiger partial charge in [0.05, 0.1) is 0 Å². The fraction of sp³-hybridized carbons (Fsp3) is 0.273. The van der Waals surface area contributed by atoms with Crippen LogP contribution < -0.4 is 11.1 Å². The Hall–Kier alpha value is -1.84. The summed E-state index contributed by atoms with van der Waals surface area (Å²) in [5, 5.41) is 2.71. The van der Waals surface area contributed by atoms with Gasteiger partial charge in [0.2, 0.25) is 11.8 Å². The number of carbonyl (C=O) groups is 2. The van der Waals surface area contributed by atoms with Crippen LogP contribution in [0, 0.1) is 0 Å². The molecule has 0 atom stereocenters. The van der Waals surface area contributed by atoms with Crippen molar-refractivity contribution in [1.82, 2.24) is 5.32 Å². The summed E-state index contributed by atoms with van der Waals surface area (Å²) in [5.74, 6) is -0.609. The van der Waals surface area contributed by atoms with Crippen molar-refractivity contribution in [3.63, 3.8) is 0 Å². The molecule has 0 aliphatic rings. The second kappa shape index (κ2) is 5.80. The Balaban J connectivity index is 2.26. The SMILES string of the molecule is NC(=O)CCC(=O)NCc1ccccc1. The standard InChI is InChI=1S/C11H14N2O2/c12-10(14)6-7-11(15)13-8-9-4-2-1-3-5-9/h1-5H,6-8H2,(H2,12,14)(H,13,15). The molecular weight excluding hydrogens is 192 g/mol. The summed E-state index contributed by atoms with van der Waals surface area (Å²) >= 11 is 0. The number of benzene rings is 1. The molecule has 0 bridgehead atoms. The highest BCUT2D eigenvalue weighted by Crippen LogP contribution is 1.97. The summed E-state index contributed by atoms with van der Waals surface area (Å²) < 4.78 is 0. The van der Waals surface area contributed by atoms with Crippen molar-refractivity contribution in [3.05, 3.63) is 35.9 Å². The fourth-order valence-electron chi connectivity index (χ4n) is 1.12. The third-order valence-corrected chi connectivity index (χ3v) is 1.93. The molecule has 1 aromatic rings. The van der Waals surface area contributed by atoms with Crippen molar-refractivity contribution in [3.8, 4) is 0 Å². The van der Waals surface area contributed by atoms with Gasteiger partial charge in [0.25, 0.3) is 0 Å². The van der Waals surface area contributed by atoms with Crippen molar-refractivity contribution < 1.29 is 9.59 Å². The van der Waals surface area contributed by atoms with Crippen molar-refractivity contribution in [2.24, 2.45) is 5.73 Å². The number of amides is 2. The number of nitrogens with one attached hydrogen (secondary N) is 1. The van der Waals surface area contributed by atoms with E-state index in [9.17, 15) is 9.59 Å². The van der Waals surface area contributed by atoms with Crippen LogP contribution in [0.5, 0.6) is 0 Å². The molecule has 0 radical (unpaired) electrons. The topological polar surface area (TPSA) is 72.2 Å². The van der Waals surface area contributed by atoms with E-state index in [0.717, 1.165) is 5.56 Å². The van der Waals surface area contributed by atoms with Gasteiger partial charge in [0.1, 0.15) is 0 Å². The second-order valence-corrected chi connectivity index (χ2v) is 3.23. The minimum absolute atomic E-state index is 0.0978. The summed E-state index contributed by atoms with van der Waals surface area (Å²) in [6, 6.07) is 9.58. The summed E-state index contributed by atoms with van der Waals surface area (Å²) in [4.78, 5) is 21.6. The van der Waals surface area contributed by atoms with E-state index in [4.69, 9.17) is 5.73 Å². The predicted octanol–water partition coefficient (Wildman–Crippen LogP) is 0.568. The zero-order valence-electron chi connectivity index (χ0n) is 8.40. The average Bonchev–Trinajstić information content (AvgIpc) is 2.25. The van der Waals surface area contributed by atoms with E-state index in [1.807, 2.05) is 30.3 Å². The Morgan fingerprint density at radius 1 is 1.13 bits per heavy atom. The van der Waals surface area contributed by atoms with E-state index >= 15 is 0 Å². The first kappa shape index (κ1) is 11.2. The van der Waals surface area contributed by atoms with E-state index in [-0.39, 0.29) is 18.7 Å². The molecule has 15 heavy (non-hydrogen) atoms. The van der Waals surface area contributed by atoms with Gasteiger partial charge in [0, 0.05) is 19.4 Å². The molecular formula is C11H14N2O2. The molecule has 0 saturated heterocycles. The van der Waals surface area contributed by atoms with Gasteiger partial charge in [-0.15, -0.1) is 0 Å². The molecule has 0 unspecified atom stereocenters. The van der Waals surface area contributed by atoms with E-state index < -0.39 is 5.91 Å². The fourth-order valence-corrected chi connectivity index (χ4v) is 1.12. The molecule has 0 spiro atoms. The van der Waals surface area contributed by atoms with Gasteiger partial charge in [0.15, 0.2) is 0 Å². The third kappa shape index (κ3) is 4.81. The summed E-state index contributed by atoms with van der Waals surface area (Å²) in [7, 11) is 0. The highest BCUT2D eigenvalue weighted by Gasteiger charge is 2.03. The Labute approximate surface area is 88.5 Å². The van der Waals surface area contributed by atoms with E-state index in [2.05, 4.69) is 5.32 Å². The van der Waals surface area contributed by atoms with Crippen LogP contribution in [0.25, 0.3) is 0 Å². The maximum absolute atomic E-state index is 11.2. The summed E-state index contributed by atoms with van der Waals surface area (Å²) in [6.45, 7) is 0.485. The Morgan fingerprint density at radius 3 is 2.40 bits per heavy atom. The highest BCUT2D eigenvalue weighted by atomic mass is 16.2. The van der Waals surface area contributed by atoms with Gasteiger partial charge in [-0.25, -0.2) is 0 Å². The van der Waals surface area contributed by atoms with E-state index in [0.29, 0.717) is 6.54 Å². The van der Waals surface area contributed by atoms with Gasteiger partial charge >= 0.3 is 0 Å². The zero-order valence-corrected chi connectivity index (χ0v) is 8.40. The number of carbonyl (C=O) groups excluding carboxylic acids is 2. The summed E-state index contributed by atoms with van der Waals surface area (Å²) in [6.07, 6.45) is 0.253. The first-order valence-corrected chi connectivity index (χ1v) is 4.77. The molecule has 3 N–H and O–H groups in total. The highest BCUT2D eigenvalue weighted by molar-refractivity contribution is 5.82. The largest absolute Gasteiger partial charge is 0.370 e. The lowest BCUT2D eigenvalue weighted by atomic mass is 10.2. The Kier molecular flexibility index (Phi) is 4.34. The molecule has 2 amide bonds. The van der Waals surface area contributed by atoms with Crippen LogP contribution in [-0.2, 0) is 16.1 Å². The van der Waals surface area contributed by atoms with Crippen LogP contribution in [0.3, 0.4) is 0 Å². The number of nitrogens with two attached hydrogens (primary N) is 1. The van der Waals surface area contributed by atoms with Crippen LogP contribution in [0.4, 0.5) is 0 Å². The van der Waals surface area contributed by atoms with Crippen LogP contribution in [-0.4, -0.2) is 11.8 Å². The minimum Gasteiger partial charge on any atom is -0.370 e. The van der Waals surface area contributed by atoms with Crippen molar-refractivity contribution >= 4 is 11.8 Å². The lowest BCUT2D eigenvalue weighted by molar-refractivity contribution is -0.125. The van der Waals surface area contributed by atoms with Crippen molar-refractivity contribution in [2.75, 3.05) is 0 Å². The van der Waals surface area contributed by atoms with Crippen LogP contribution in [0.2, 0.25) is 0 Å². The molecule has 0 fully saturated rings. The zero-order chi connectivity index (χ0) is 11.1. The monoisotopic (exact) mass is 206 g/mol. The lowest BCUT2D eigenvalue weighted by Crippen LogP contribution is -2.24. The number of hydrogen-bond acceptors (Lipinski definition) is 2. The molecule has 1 aromatic carbocycles. The molecule has 1 rings (SSSR count). The summed E-state index contributed by atoms with van der Waals surface area (Å²) in [5.41, 5.74) is 5.96. The van der Waals surface area contributed by atoms with Crippen LogP contribution in [0.1, 0.15) is 18.4 Å². The average molecular weight is 206 g/mol. The first-order valence-electron chi connectivity index (χ1n) is 4.77. The Bertz CT molecular complexity index is 336. The van der Waals surface area contributed by atoms with E-state index in [1.54, 1.807) is 0 Å². The van der Waals surface area contributed by atoms with Crippen LogP contribution in [0.15, 0.2) is 30.3 Å². The van der Waals surface area contributed by atoms with Crippen LogP contribution >= 0.6 is 0 Å². The minimum atomic E-state index is -0.454. The molecule has 0 heterocycles. The lowest BCUT2D eigenvalue weighted by Gasteiger charge is -2.03. The molecule has 0 aliphatic carbocycles. The molecule has 0 aromatic heterocycles. The van der Waals surface area contributed by atoms with E-state index in [1.165, 1.54) is 0 Å². The molecule has 4 nitrogen and oxygen atoms in total. The molecule has 0 saturated carbocycles. The Morgan fingerprint density at radius 2 is 1.80 bits per heavy atom. The maximum Gasteiger partial charge on any atom is 0.220 e. The number of primary amides is 1. The van der Waals surface area contributed by atoms with Gasteiger partial charge in [-0.1, -0.05) is 30.3 Å². The molecule has 0 aliphatic heterocycles. The second-order valence-electron chi connectivity index (χ2n) is 3.23. The van der Waals surface area contributed by atoms with Gasteiger partial charge < -0.3 is 11.1 Å². The quantitative estimate of drug-likeness (QED) is 0.739. The van der Waals surface area contributed by atoms with Gasteiger partial charge in [-0.2, -0.15) is 0 Å². The normalized spacial score (nSPS) is 9.60. The number of hydrogen-bond donors (Lipinski definition) is 2. The molecule has 4 heteroatoms. The first-order chi connectivity index (χ1) is 7.18. The third-order valence-electron chi connectivity index (χ3n) is 1.93. The van der Waals surface area contributed by atoms with Gasteiger partial charge in [-0.3, -0.25) is 9.59 Å².